The second kappa shape index (κ2) is 6.54. The molecule has 0 saturated heterocycles. The zero-order valence-electron chi connectivity index (χ0n) is 19.3. The molecule has 0 fully saturated rings. The summed E-state index contributed by atoms with van der Waals surface area (Å²) in [6.07, 6.45) is 8.36. The van der Waals surface area contributed by atoms with Crippen molar-refractivity contribution in [3.8, 4) is 11.3 Å². The highest BCUT2D eigenvalue weighted by atomic mass is 15.1. The van der Waals surface area contributed by atoms with Crippen molar-refractivity contribution in [1.82, 2.24) is 0 Å². The van der Waals surface area contributed by atoms with Gasteiger partial charge < -0.3 is 0 Å². The summed E-state index contributed by atoms with van der Waals surface area (Å²) >= 11 is 0. The lowest BCUT2D eigenvalue weighted by atomic mass is 9.51. The van der Waals surface area contributed by atoms with E-state index in [0.717, 1.165) is 19.3 Å². The van der Waals surface area contributed by atoms with Crippen LogP contribution in [0.5, 0.6) is 0 Å². The Morgan fingerprint density at radius 1 is 0.933 bits per heavy atom. The maximum absolute atomic E-state index is 2.71. The molecule has 2 heterocycles. The van der Waals surface area contributed by atoms with E-state index in [9.17, 15) is 0 Å². The van der Waals surface area contributed by atoms with Crippen molar-refractivity contribution < 1.29 is 4.57 Å². The topological polar surface area (TPSA) is 3.88 Å². The molecule has 2 aromatic carbocycles. The average Bonchev–Trinajstić information content (AvgIpc) is 2.69. The van der Waals surface area contributed by atoms with Gasteiger partial charge in [0, 0.05) is 23.9 Å². The summed E-state index contributed by atoms with van der Waals surface area (Å²) in [7, 11) is 0. The largest absolute Gasteiger partial charge is 0.214 e. The number of benzene rings is 2. The Kier molecular flexibility index (Phi) is 4.26. The van der Waals surface area contributed by atoms with Crippen LogP contribution in [-0.2, 0) is 17.4 Å². The third kappa shape index (κ3) is 2.27. The fourth-order valence-electron chi connectivity index (χ4n) is 6.62. The number of fused-ring (bicyclic) bond motifs is 8. The summed E-state index contributed by atoms with van der Waals surface area (Å²) in [5.74, 6) is 0.654. The molecule has 5 rings (SSSR count). The van der Waals surface area contributed by atoms with Gasteiger partial charge in [0.15, 0.2) is 5.54 Å². The van der Waals surface area contributed by atoms with Crippen LogP contribution >= 0.6 is 0 Å². The number of hydrogen-bond donors (Lipinski definition) is 0. The Bertz CT molecular complexity index is 1200. The minimum atomic E-state index is 0.0140. The van der Waals surface area contributed by atoms with E-state index < -0.39 is 0 Å². The third-order valence-corrected chi connectivity index (χ3v) is 7.80. The van der Waals surface area contributed by atoms with E-state index in [1.807, 2.05) is 0 Å². The molecule has 2 atom stereocenters. The minimum absolute atomic E-state index is 0.0140. The lowest BCUT2D eigenvalue weighted by molar-refractivity contribution is -0.736. The van der Waals surface area contributed by atoms with Crippen LogP contribution in [0.1, 0.15) is 62.8 Å². The maximum Gasteiger partial charge on any atom is 0.214 e. The zero-order chi connectivity index (χ0) is 21.3. The molecular formula is C29H34N+. The van der Waals surface area contributed by atoms with E-state index in [4.69, 9.17) is 0 Å². The molecule has 3 aromatic rings. The van der Waals surface area contributed by atoms with Gasteiger partial charge in [-0.2, -0.15) is 4.57 Å². The van der Waals surface area contributed by atoms with Gasteiger partial charge in [-0.1, -0.05) is 57.5 Å². The molecule has 154 valence electrons. The second-order valence-corrected chi connectivity index (χ2v) is 9.94. The van der Waals surface area contributed by atoms with E-state index in [0.29, 0.717) is 5.92 Å². The van der Waals surface area contributed by atoms with Crippen LogP contribution in [0.2, 0.25) is 0 Å². The zero-order valence-corrected chi connectivity index (χ0v) is 19.3. The van der Waals surface area contributed by atoms with E-state index in [-0.39, 0.29) is 11.0 Å². The molecule has 2 aliphatic rings. The predicted molar refractivity (Wildman–Crippen MR) is 127 cm³/mol. The number of allylic oxidation sites excluding steroid dienone is 2. The quantitative estimate of drug-likeness (QED) is 0.332. The highest BCUT2D eigenvalue weighted by Crippen LogP contribution is 2.58. The summed E-state index contributed by atoms with van der Waals surface area (Å²) in [5.41, 5.74) is 10.1. The molecule has 30 heavy (non-hydrogen) atoms. The molecule has 1 aromatic heterocycles. The highest BCUT2D eigenvalue weighted by Gasteiger charge is 2.65. The number of pyridine rings is 1. The SMILES string of the molecule is CCC12C=CC1(CC)[n+]1c(ccc3c(CC(C)C)cccc31)-c1cc(C)cc(C)c12. The number of aromatic nitrogens is 1. The van der Waals surface area contributed by atoms with Crippen LogP contribution in [0.3, 0.4) is 0 Å². The van der Waals surface area contributed by atoms with E-state index >= 15 is 0 Å². The number of hydrogen-bond acceptors (Lipinski definition) is 0. The van der Waals surface area contributed by atoms with E-state index in [2.05, 4.69) is 101 Å². The Hall–Kier alpha value is -2.41. The van der Waals surface area contributed by atoms with E-state index in [1.165, 1.54) is 38.9 Å². The summed E-state index contributed by atoms with van der Waals surface area (Å²) in [6, 6.07) is 16.5. The summed E-state index contributed by atoms with van der Waals surface area (Å²) in [5, 5.41) is 1.42. The van der Waals surface area contributed by atoms with Crippen LogP contribution < -0.4 is 4.57 Å². The molecule has 0 radical (unpaired) electrons. The number of nitrogens with zero attached hydrogens (tertiary/aromatic N) is 1. The fraction of sp³-hybridized carbons (Fsp3) is 0.414. The van der Waals surface area contributed by atoms with Crippen LogP contribution in [0.15, 0.2) is 54.6 Å². The molecule has 1 heteroatoms. The van der Waals surface area contributed by atoms with Crippen molar-refractivity contribution in [1.29, 1.82) is 0 Å². The number of aryl methyl sites for hydroxylation is 2. The van der Waals surface area contributed by atoms with Gasteiger partial charge in [-0.05, 0) is 67.5 Å². The molecular weight excluding hydrogens is 362 g/mol. The maximum atomic E-state index is 2.71. The Balaban J connectivity index is 1.94. The highest BCUT2D eigenvalue weighted by molar-refractivity contribution is 5.83. The predicted octanol–water partition coefficient (Wildman–Crippen LogP) is 6.95. The van der Waals surface area contributed by atoms with Gasteiger partial charge in [0.1, 0.15) is 0 Å². The third-order valence-electron chi connectivity index (χ3n) is 7.80. The van der Waals surface area contributed by atoms with Crippen molar-refractivity contribution in [3.05, 3.63) is 76.9 Å². The Morgan fingerprint density at radius 2 is 1.73 bits per heavy atom. The average molecular weight is 397 g/mol. The first kappa shape index (κ1) is 19.5. The molecule has 1 aliphatic heterocycles. The summed E-state index contributed by atoms with van der Waals surface area (Å²) in [6.45, 7) is 13.9. The van der Waals surface area contributed by atoms with Gasteiger partial charge in [0.25, 0.3) is 0 Å². The van der Waals surface area contributed by atoms with Gasteiger partial charge in [-0.25, -0.2) is 0 Å². The van der Waals surface area contributed by atoms with Gasteiger partial charge in [0.2, 0.25) is 11.2 Å². The number of rotatable bonds is 4. The Morgan fingerprint density at radius 3 is 2.37 bits per heavy atom. The van der Waals surface area contributed by atoms with Crippen molar-refractivity contribution in [2.45, 2.75) is 71.8 Å². The molecule has 1 aliphatic carbocycles. The standard InChI is InChI=1S/C29H34N/c1-7-28-14-15-29(28,8-2)30-25-11-9-10-22(16-19(3)4)23(25)12-13-26(30)24-18-20(5)17-21(6)27(24)28/h9-15,17-19H,7-8,16H2,1-6H3/q+1. The normalized spacial score (nSPS) is 23.8. The monoisotopic (exact) mass is 396 g/mol. The summed E-state index contributed by atoms with van der Waals surface area (Å²) in [4.78, 5) is 0. The van der Waals surface area contributed by atoms with Crippen molar-refractivity contribution in [2.75, 3.05) is 0 Å². The van der Waals surface area contributed by atoms with Crippen LogP contribution in [0, 0.1) is 19.8 Å². The Labute approximate surface area is 181 Å². The van der Waals surface area contributed by atoms with Crippen molar-refractivity contribution >= 4 is 10.9 Å². The van der Waals surface area contributed by atoms with Gasteiger partial charge in [-0.15, -0.1) is 0 Å². The smallest absolute Gasteiger partial charge is 0.181 e. The molecule has 0 amide bonds. The molecule has 2 unspecified atom stereocenters. The first-order chi connectivity index (χ1) is 14.4. The van der Waals surface area contributed by atoms with Crippen LogP contribution in [0.4, 0.5) is 0 Å². The first-order valence-electron chi connectivity index (χ1n) is 11.7. The van der Waals surface area contributed by atoms with Gasteiger partial charge in [0.05, 0.1) is 11.0 Å². The second-order valence-electron chi connectivity index (χ2n) is 9.94. The summed E-state index contributed by atoms with van der Waals surface area (Å²) < 4.78 is 2.71. The molecule has 0 bridgehead atoms. The van der Waals surface area contributed by atoms with Gasteiger partial charge >= 0.3 is 0 Å². The fourth-order valence-corrected chi connectivity index (χ4v) is 6.62. The molecule has 1 nitrogen and oxygen atoms in total. The first-order valence-corrected chi connectivity index (χ1v) is 11.7. The minimum Gasteiger partial charge on any atom is -0.181 e. The van der Waals surface area contributed by atoms with Crippen molar-refractivity contribution in [2.24, 2.45) is 5.92 Å². The van der Waals surface area contributed by atoms with Crippen LogP contribution in [0.25, 0.3) is 22.2 Å². The lowest BCUT2D eigenvalue weighted by Gasteiger charge is -2.53. The lowest BCUT2D eigenvalue weighted by Crippen LogP contribution is -2.72. The van der Waals surface area contributed by atoms with E-state index in [1.54, 1.807) is 5.56 Å². The van der Waals surface area contributed by atoms with Gasteiger partial charge in [-0.3, -0.25) is 0 Å². The molecule has 0 spiro atoms. The van der Waals surface area contributed by atoms with Crippen molar-refractivity contribution in [3.63, 3.8) is 0 Å². The van der Waals surface area contributed by atoms with Crippen LogP contribution in [-0.4, -0.2) is 0 Å². The molecule has 0 saturated carbocycles. The molecule has 0 N–H and O–H groups in total.